The molecule has 0 radical (unpaired) electrons. The van der Waals surface area contributed by atoms with E-state index >= 15 is 0 Å². The molecular weight excluding hydrogens is 218 g/mol. The van der Waals surface area contributed by atoms with Crippen LogP contribution in [0.1, 0.15) is 13.8 Å². The number of allylic oxidation sites excluding steroid dienone is 1. The minimum atomic E-state index is 0.505. The van der Waals surface area contributed by atoms with Crippen LogP contribution in [0, 0.1) is 5.92 Å². The number of aromatic nitrogens is 3. The van der Waals surface area contributed by atoms with Gasteiger partial charge < -0.3 is 0 Å². The van der Waals surface area contributed by atoms with Crippen molar-refractivity contribution in [1.29, 1.82) is 0 Å². The summed E-state index contributed by atoms with van der Waals surface area (Å²) in [6.45, 7) is 4.32. The Bertz CT molecular complexity index is 514. The highest BCUT2D eigenvalue weighted by molar-refractivity contribution is 8.07. The molecule has 0 bridgehead atoms. The Hall–Kier alpha value is -1.29. The molecule has 0 saturated carbocycles. The molecule has 0 amide bonds. The van der Waals surface area contributed by atoms with Crippen LogP contribution >= 0.6 is 11.8 Å². The Balaban J connectivity index is 2.54. The van der Waals surface area contributed by atoms with E-state index in [1.165, 1.54) is 0 Å². The Morgan fingerprint density at radius 2 is 2.12 bits per heavy atom. The van der Waals surface area contributed by atoms with Crippen molar-refractivity contribution in [2.45, 2.75) is 13.8 Å². The predicted molar refractivity (Wildman–Crippen MR) is 70.2 cm³/mol. The number of benzene rings is 1. The molecular formula is C12H15N3S. The highest BCUT2D eigenvalue weighted by atomic mass is 32.2. The van der Waals surface area contributed by atoms with E-state index in [2.05, 4.69) is 36.5 Å². The summed E-state index contributed by atoms with van der Waals surface area (Å²) in [5.41, 5.74) is 2.00. The zero-order valence-corrected chi connectivity index (χ0v) is 10.5. The summed E-state index contributed by atoms with van der Waals surface area (Å²) in [7, 11) is 0. The van der Waals surface area contributed by atoms with Crippen LogP contribution in [0.15, 0.2) is 30.3 Å². The number of para-hydroxylation sites is 1. The first-order valence-electron chi connectivity index (χ1n) is 5.29. The SMILES string of the molecule is CS/C(=C/C(C)C)n1nnc2ccccc21. The zero-order valence-electron chi connectivity index (χ0n) is 9.71. The van der Waals surface area contributed by atoms with Gasteiger partial charge in [-0.2, -0.15) is 0 Å². The second kappa shape index (κ2) is 4.70. The molecule has 0 fully saturated rings. The van der Waals surface area contributed by atoms with Gasteiger partial charge in [-0.15, -0.1) is 16.9 Å². The lowest BCUT2D eigenvalue weighted by Gasteiger charge is -2.06. The van der Waals surface area contributed by atoms with E-state index in [0.29, 0.717) is 5.92 Å². The molecule has 0 aliphatic carbocycles. The topological polar surface area (TPSA) is 30.7 Å². The van der Waals surface area contributed by atoms with Crippen LogP contribution in [0.25, 0.3) is 16.1 Å². The second-order valence-electron chi connectivity index (χ2n) is 3.94. The van der Waals surface area contributed by atoms with Gasteiger partial charge in [0, 0.05) is 0 Å². The molecule has 4 heteroatoms. The summed E-state index contributed by atoms with van der Waals surface area (Å²) in [6, 6.07) is 8.01. The van der Waals surface area contributed by atoms with Crippen LogP contribution in [-0.2, 0) is 0 Å². The summed E-state index contributed by atoms with van der Waals surface area (Å²) < 4.78 is 1.90. The van der Waals surface area contributed by atoms with Gasteiger partial charge in [0.2, 0.25) is 0 Å². The van der Waals surface area contributed by atoms with Gasteiger partial charge in [-0.1, -0.05) is 31.2 Å². The van der Waals surface area contributed by atoms with Crippen molar-refractivity contribution in [3.8, 4) is 0 Å². The van der Waals surface area contributed by atoms with Crippen molar-refractivity contribution in [3.63, 3.8) is 0 Å². The lowest BCUT2D eigenvalue weighted by atomic mass is 10.2. The first-order chi connectivity index (χ1) is 7.72. The van der Waals surface area contributed by atoms with Crippen molar-refractivity contribution in [3.05, 3.63) is 30.3 Å². The molecule has 0 aliphatic rings. The maximum Gasteiger partial charge on any atom is 0.113 e. The number of hydrogen-bond acceptors (Lipinski definition) is 3. The molecule has 3 nitrogen and oxygen atoms in total. The first-order valence-corrected chi connectivity index (χ1v) is 6.51. The molecule has 0 N–H and O–H groups in total. The third-order valence-corrected chi connectivity index (χ3v) is 2.97. The fourth-order valence-electron chi connectivity index (χ4n) is 1.54. The molecule has 0 atom stereocenters. The Morgan fingerprint density at radius 1 is 1.38 bits per heavy atom. The molecule has 2 aromatic rings. The van der Waals surface area contributed by atoms with Crippen LogP contribution in [0.3, 0.4) is 0 Å². The Kier molecular flexibility index (Phi) is 3.29. The smallest absolute Gasteiger partial charge is 0.113 e. The highest BCUT2D eigenvalue weighted by Crippen LogP contribution is 2.23. The van der Waals surface area contributed by atoms with Gasteiger partial charge >= 0.3 is 0 Å². The van der Waals surface area contributed by atoms with Crippen molar-refractivity contribution >= 4 is 27.8 Å². The van der Waals surface area contributed by atoms with Crippen LogP contribution in [-0.4, -0.2) is 21.2 Å². The normalized spacial score (nSPS) is 12.6. The van der Waals surface area contributed by atoms with E-state index in [9.17, 15) is 0 Å². The van der Waals surface area contributed by atoms with Gasteiger partial charge in [0.25, 0.3) is 0 Å². The van der Waals surface area contributed by atoms with Crippen LogP contribution in [0.2, 0.25) is 0 Å². The van der Waals surface area contributed by atoms with Gasteiger partial charge in [-0.25, -0.2) is 4.68 Å². The maximum atomic E-state index is 4.20. The fraction of sp³-hybridized carbons (Fsp3) is 0.333. The van der Waals surface area contributed by atoms with E-state index < -0.39 is 0 Å². The average molecular weight is 233 g/mol. The summed E-state index contributed by atoms with van der Waals surface area (Å²) in [4.78, 5) is 0. The predicted octanol–water partition coefficient (Wildman–Crippen LogP) is 3.25. The number of thioether (sulfide) groups is 1. The molecule has 1 aromatic carbocycles. The lowest BCUT2D eigenvalue weighted by molar-refractivity contribution is 0.808. The summed E-state index contributed by atoms with van der Waals surface area (Å²) in [5, 5.41) is 9.48. The minimum Gasteiger partial charge on any atom is -0.207 e. The van der Waals surface area contributed by atoms with E-state index in [4.69, 9.17) is 0 Å². The van der Waals surface area contributed by atoms with E-state index in [0.717, 1.165) is 16.1 Å². The first kappa shape index (κ1) is 11.2. The highest BCUT2D eigenvalue weighted by Gasteiger charge is 2.07. The third kappa shape index (κ3) is 2.11. The Labute approximate surface area is 99.5 Å². The number of rotatable bonds is 3. The third-order valence-electron chi connectivity index (χ3n) is 2.25. The maximum absolute atomic E-state index is 4.20. The van der Waals surface area contributed by atoms with E-state index in [1.807, 2.05) is 28.9 Å². The molecule has 84 valence electrons. The molecule has 1 aromatic heterocycles. The minimum absolute atomic E-state index is 0.505. The van der Waals surface area contributed by atoms with Crippen molar-refractivity contribution in [1.82, 2.24) is 15.0 Å². The molecule has 0 unspecified atom stereocenters. The monoisotopic (exact) mass is 233 g/mol. The summed E-state index contributed by atoms with van der Waals surface area (Å²) in [6.07, 6.45) is 4.26. The van der Waals surface area contributed by atoms with Crippen molar-refractivity contribution in [2.75, 3.05) is 6.26 Å². The van der Waals surface area contributed by atoms with Crippen molar-refractivity contribution < 1.29 is 0 Å². The Morgan fingerprint density at radius 3 is 2.81 bits per heavy atom. The molecule has 0 spiro atoms. The van der Waals surface area contributed by atoms with Crippen LogP contribution < -0.4 is 0 Å². The summed E-state index contributed by atoms with van der Waals surface area (Å²) >= 11 is 1.69. The molecule has 1 heterocycles. The zero-order chi connectivity index (χ0) is 11.5. The quantitative estimate of drug-likeness (QED) is 0.815. The average Bonchev–Trinajstić information content (AvgIpc) is 2.69. The molecule has 0 aliphatic heterocycles. The van der Waals surface area contributed by atoms with Crippen LogP contribution in [0.4, 0.5) is 0 Å². The largest absolute Gasteiger partial charge is 0.207 e. The van der Waals surface area contributed by atoms with Gasteiger partial charge in [0.05, 0.1) is 10.5 Å². The number of fused-ring (bicyclic) bond motifs is 1. The number of hydrogen-bond donors (Lipinski definition) is 0. The second-order valence-corrected chi connectivity index (χ2v) is 4.77. The van der Waals surface area contributed by atoms with Crippen LogP contribution in [0.5, 0.6) is 0 Å². The standard InChI is InChI=1S/C12H15N3S/c1-9(2)8-12(16-3)15-11-7-5-4-6-10(11)13-14-15/h4-9H,1-3H3/b12-8+. The lowest BCUT2D eigenvalue weighted by Crippen LogP contribution is -1.97. The van der Waals surface area contributed by atoms with Gasteiger partial charge in [0.15, 0.2) is 0 Å². The van der Waals surface area contributed by atoms with Gasteiger partial charge in [0.1, 0.15) is 5.52 Å². The van der Waals surface area contributed by atoms with E-state index in [-0.39, 0.29) is 0 Å². The fourth-order valence-corrected chi connectivity index (χ4v) is 2.26. The van der Waals surface area contributed by atoms with Crippen molar-refractivity contribution in [2.24, 2.45) is 5.92 Å². The van der Waals surface area contributed by atoms with Gasteiger partial charge in [-0.3, -0.25) is 0 Å². The molecule has 0 saturated heterocycles. The summed E-state index contributed by atoms with van der Waals surface area (Å²) in [5.74, 6) is 0.505. The molecule has 16 heavy (non-hydrogen) atoms. The number of nitrogens with zero attached hydrogens (tertiary/aromatic N) is 3. The van der Waals surface area contributed by atoms with E-state index in [1.54, 1.807) is 11.8 Å². The molecule has 2 rings (SSSR count). The van der Waals surface area contributed by atoms with Gasteiger partial charge in [-0.05, 0) is 30.4 Å².